The van der Waals surface area contributed by atoms with E-state index in [-0.39, 0.29) is 5.91 Å². The summed E-state index contributed by atoms with van der Waals surface area (Å²) in [5.41, 5.74) is 0. The second-order valence-corrected chi connectivity index (χ2v) is 5.58. The molecule has 1 unspecified atom stereocenters. The lowest BCUT2D eigenvalue weighted by Gasteiger charge is -2.37. The van der Waals surface area contributed by atoms with Gasteiger partial charge in [-0.2, -0.15) is 0 Å². The molecule has 4 heteroatoms. The van der Waals surface area contributed by atoms with Crippen LogP contribution in [0.1, 0.15) is 19.3 Å². The zero-order valence-electron chi connectivity index (χ0n) is 11.8. The van der Waals surface area contributed by atoms with Gasteiger partial charge in [0.25, 0.3) is 0 Å². The van der Waals surface area contributed by atoms with Crippen molar-refractivity contribution in [3.63, 3.8) is 0 Å². The molecule has 2 aliphatic rings. The van der Waals surface area contributed by atoms with Gasteiger partial charge in [-0.15, -0.1) is 0 Å². The lowest BCUT2D eigenvalue weighted by molar-refractivity contribution is -0.134. The molecule has 1 amide bonds. The minimum Gasteiger partial charge on any atom is -0.493 e. The van der Waals surface area contributed by atoms with Crippen molar-refractivity contribution in [3.05, 3.63) is 30.3 Å². The number of amides is 1. The number of carbonyl (C=O) groups is 1. The second-order valence-electron chi connectivity index (χ2n) is 5.58. The van der Waals surface area contributed by atoms with Crippen LogP contribution in [0.3, 0.4) is 0 Å². The number of piperazine rings is 1. The smallest absolute Gasteiger partial charge is 0.226 e. The fourth-order valence-corrected chi connectivity index (χ4v) is 3.15. The molecule has 4 nitrogen and oxygen atoms in total. The summed E-state index contributed by atoms with van der Waals surface area (Å²) in [7, 11) is 0. The molecular formula is C16H22N2O2. The Bertz CT molecular complexity index is 449. The van der Waals surface area contributed by atoms with Crippen LogP contribution in [0.25, 0.3) is 0 Å². The Balaban J connectivity index is 1.43. The van der Waals surface area contributed by atoms with Crippen LogP contribution < -0.4 is 4.74 Å². The molecule has 0 aromatic heterocycles. The van der Waals surface area contributed by atoms with E-state index in [4.69, 9.17) is 4.74 Å². The van der Waals surface area contributed by atoms with Crippen LogP contribution in [0.2, 0.25) is 0 Å². The van der Waals surface area contributed by atoms with Gasteiger partial charge in [-0.25, -0.2) is 0 Å². The molecule has 2 aliphatic heterocycles. The number of nitrogens with zero attached hydrogens (tertiary/aromatic N) is 2. The molecule has 0 spiro atoms. The molecule has 2 fully saturated rings. The lowest BCUT2D eigenvalue weighted by Crippen LogP contribution is -2.52. The second kappa shape index (κ2) is 6.27. The summed E-state index contributed by atoms with van der Waals surface area (Å²) < 4.78 is 5.60. The third-order valence-corrected chi connectivity index (χ3v) is 4.27. The van der Waals surface area contributed by atoms with Crippen LogP contribution in [0.15, 0.2) is 30.3 Å². The zero-order valence-corrected chi connectivity index (χ0v) is 11.8. The third-order valence-electron chi connectivity index (χ3n) is 4.27. The fourth-order valence-electron chi connectivity index (χ4n) is 3.15. The molecule has 3 rings (SSSR count). The van der Waals surface area contributed by atoms with Gasteiger partial charge in [-0.3, -0.25) is 9.69 Å². The molecule has 108 valence electrons. The Morgan fingerprint density at radius 2 is 2.05 bits per heavy atom. The van der Waals surface area contributed by atoms with E-state index in [1.54, 1.807) is 0 Å². The van der Waals surface area contributed by atoms with E-state index in [0.29, 0.717) is 19.1 Å². The molecule has 0 N–H and O–H groups in total. The van der Waals surface area contributed by atoms with Crippen molar-refractivity contribution in [1.29, 1.82) is 0 Å². The molecule has 0 bridgehead atoms. The van der Waals surface area contributed by atoms with Gasteiger partial charge in [-0.05, 0) is 31.5 Å². The summed E-state index contributed by atoms with van der Waals surface area (Å²) in [5.74, 6) is 1.06. The van der Waals surface area contributed by atoms with E-state index in [9.17, 15) is 4.79 Å². The Morgan fingerprint density at radius 1 is 1.20 bits per heavy atom. The summed E-state index contributed by atoms with van der Waals surface area (Å²) in [6.07, 6.45) is 3.00. The van der Waals surface area contributed by atoms with E-state index in [1.807, 2.05) is 35.2 Å². The number of carbonyl (C=O) groups excluding carboxylic acids is 1. The molecule has 2 heterocycles. The molecular weight excluding hydrogens is 252 g/mol. The maximum Gasteiger partial charge on any atom is 0.226 e. The molecule has 1 aromatic carbocycles. The monoisotopic (exact) mass is 274 g/mol. The van der Waals surface area contributed by atoms with E-state index in [0.717, 1.165) is 25.4 Å². The number of ether oxygens (including phenoxy) is 1. The van der Waals surface area contributed by atoms with Crippen LogP contribution in [0.5, 0.6) is 5.75 Å². The van der Waals surface area contributed by atoms with Crippen molar-refractivity contribution in [2.45, 2.75) is 25.3 Å². The standard InChI is InChI=1S/C16H22N2O2/c19-16(8-12-20-15-6-2-1-3-7-15)18-11-10-17-9-4-5-14(17)13-18/h1-3,6-7,14H,4-5,8-13H2. The van der Waals surface area contributed by atoms with E-state index in [1.165, 1.54) is 19.4 Å². The lowest BCUT2D eigenvalue weighted by atomic mass is 10.1. The van der Waals surface area contributed by atoms with Gasteiger partial charge in [0.1, 0.15) is 5.75 Å². The Kier molecular flexibility index (Phi) is 4.21. The Labute approximate surface area is 120 Å². The van der Waals surface area contributed by atoms with Crippen molar-refractivity contribution in [2.75, 3.05) is 32.8 Å². The first-order chi connectivity index (χ1) is 9.83. The molecule has 2 saturated heterocycles. The van der Waals surface area contributed by atoms with Crippen molar-refractivity contribution >= 4 is 5.91 Å². The van der Waals surface area contributed by atoms with Crippen LogP contribution in [0, 0.1) is 0 Å². The maximum absolute atomic E-state index is 12.2. The zero-order chi connectivity index (χ0) is 13.8. The molecule has 20 heavy (non-hydrogen) atoms. The predicted molar refractivity (Wildman–Crippen MR) is 77.7 cm³/mol. The first kappa shape index (κ1) is 13.4. The summed E-state index contributed by atoms with van der Waals surface area (Å²) in [6.45, 7) is 4.50. The van der Waals surface area contributed by atoms with Crippen LogP contribution >= 0.6 is 0 Å². The quantitative estimate of drug-likeness (QED) is 0.839. The van der Waals surface area contributed by atoms with E-state index >= 15 is 0 Å². The van der Waals surface area contributed by atoms with Crippen LogP contribution in [0.4, 0.5) is 0 Å². The normalized spacial score (nSPS) is 22.6. The van der Waals surface area contributed by atoms with E-state index in [2.05, 4.69) is 4.90 Å². The number of benzene rings is 1. The van der Waals surface area contributed by atoms with Crippen LogP contribution in [-0.2, 0) is 4.79 Å². The highest BCUT2D eigenvalue weighted by Crippen LogP contribution is 2.21. The van der Waals surface area contributed by atoms with E-state index < -0.39 is 0 Å². The minimum atomic E-state index is 0.229. The topological polar surface area (TPSA) is 32.8 Å². The number of para-hydroxylation sites is 1. The molecule has 0 radical (unpaired) electrons. The molecule has 0 aliphatic carbocycles. The van der Waals surface area contributed by atoms with Gasteiger partial charge in [0.15, 0.2) is 0 Å². The fraction of sp³-hybridized carbons (Fsp3) is 0.562. The van der Waals surface area contributed by atoms with Crippen molar-refractivity contribution in [3.8, 4) is 5.75 Å². The van der Waals surface area contributed by atoms with Crippen molar-refractivity contribution < 1.29 is 9.53 Å². The van der Waals surface area contributed by atoms with Gasteiger partial charge < -0.3 is 9.64 Å². The number of rotatable bonds is 4. The highest BCUT2D eigenvalue weighted by molar-refractivity contribution is 5.76. The summed E-state index contributed by atoms with van der Waals surface area (Å²) in [5, 5.41) is 0. The van der Waals surface area contributed by atoms with Gasteiger partial charge in [0, 0.05) is 25.7 Å². The number of hydrogen-bond donors (Lipinski definition) is 0. The number of hydrogen-bond acceptors (Lipinski definition) is 3. The largest absolute Gasteiger partial charge is 0.493 e. The highest BCUT2D eigenvalue weighted by atomic mass is 16.5. The summed E-state index contributed by atoms with van der Waals surface area (Å²) in [4.78, 5) is 16.7. The van der Waals surface area contributed by atoms with Gasteiger partial charge in [-0.1, -0.05) is 18.2 Å². The van der Waals surface area contributed by atoms with Gasteiger partial charge >= 0.3 is 0 Å². The highest BCUT2D eigenvalue weighted by Gasteiger charge is 2.32. The predicted octanol–water partition coefficient (Wildman–Crippen LogP) is 1.76. The SMILES string of the molecule is O=C(CCOc1ccccc1)N1CCN2CCCC2C1. The van der Waals surface area contributed by atoms with Crippen LogP contribution in [-0.4, -0.2) is 54.5 Å². The average molecular weight is 274 g/mol. The first-order valence-electron chi connectivity index (χ1n) is 7.52. The van der Waals surface area contributed by atoms with Gasteiger partial charge in [0.2, 0.25) is 5.91 Å². The number of fused-ring (bicyclic) bond motifs is 1. The average Bonchev–Trinajstić information content (AvgIpc) is 2.95. The Hall–Kier alpha value is -1.55. The van der Waals surface area contributed by atoms with Crippen molar-refractivity contribution in [1.82, 2.24) is 9.80 Å². The summed E-state index contributed by atoms with van der Waals surface area (Å²) in [6, 6.07) is 10.3. The molecule has 1 atom stereocenters. The Morgan fingerprint density at radius 3 is 2.90 bits per heavy atom. The third kappa shape index (κ3) is 3.12. The minimum absolute atomic E-state index is 0.229. The molecule has 0 saturated carbocycles. The van der Waals surface area contributed by atoms with Crippen molar-refractivity contribution in [2.24, 2.45) is 0 Å². The first-order valence-corrected chi connectivity index (χ1v) is 7.52. The maximum atomic E-state index is 12.2. The molecule has 1 aromatic rings. The van der Waals surface area contributed by atoms with Gasteiger partial charge in [0.05, 0.1) is 13.0 Å². The summed E-state index contributed by atoms with van der Waals surface area (Å²) >= 11 is 0.